The first kappa shape index (κ1) is 16.2. The van der Waals surface area contributed by atoms with Gasteiger partial charge in [0.05, 0.1) is 13.2 Å². The lowest BCUT2D eigenvalue weighted by molar-refractivity contribution is -0.139. The molecule has 0 saturated heterocycles. The van der Waals surface area contributed by atoms with E-state index in [2.05, 4.69) is 6.58 Å². The predicted octanol–water partition coefficient (Wildman–Crippen LogP) is 1.82. The molecular formula is C13H16O6S. The highest BCUT2D eigenvalue weighted by atomic mass is 32.2. The van der Waals surface area contributed by atoms with E-state index in [0.29, 0.717) is 12.0 Å². The molecule has 1 aromatic carbocycles. The van der Waals surface area contributed by atoms with Gasteiger partial charge < -0.3 is 9.47 Å². The van der Waals surface area contributed by atoms with Crippen LogP contribution >= 0.6 is 0 Å². The second-order valence-corrected chi connectivity index (χ2v) is 5.43. The topological polar surface area (TPSA) is 89.9 Å². The second-order valence-electron chi connectivity index (χ2n) is 4.04. The molecule has 0 fully saturated rings. The summed E-state index contributed by atoms with van der Waals surface area (Å²) in [4.78, 5) is 10.8. The fraction of sp³-hybridized carbons (Fsp3) is 0.308. The standard InChI is InChI=1S/C13H16O6S/c1-10(2)13(14)19-9-5-8-18-11-6-3-4-7-12(11)20(15,16)17/h3-4,6-7H,1,5,8-9H2,2H3,(H,15,16,17). The summed E-state index contributed by atoms with van der Waals surface area (Å²) >= 11 is 0. The van der Waals surface area contributed by atoms with Gasteiger partial charge in [0.1, 0.15) is 10.6 Å². The Bertz CT molecular complexity index is 591. The fourth-order valence-electron chi connectivity index (χ4n) is 1.31. The lowest BCUT2D eigenvalue weighted by Gasteiger charge is -2.09. The van der Waals surface area contributed by atoms with E-state index >= 15 is 0 Å². The molecule has 1 aromatic rings. The van der Waals surface area contributed by atoms with Gasteiger partial charge in [-0.2, -0.15) is 8.42 Å². The fourth-order valence-corrected chi connectivity index (χ4v) is 1.94. The van der Waals surface area contributed by atoms with Gasteiger partial charge in [-0.1, -0.05) is 18.7 Å². The molecule has 0 aliphatic rings. The van der Waals surface area contributed by atoms with Gasteiger partial charge in [0.15, 0.2) is 0 Å². The number of hydrogen-bond donors (Lipinski definition) is 1. The lowest BCUT2D eigenvalue weighted by Crippen LogP contribution is -2.10. The van der Waals surface area contributed by atoms with Gasteiger partial charge >= 0.3 is 5.97 Å². The van der Waals surface area contributed by atoms with Crippen LogP contribution in [0.2, 0.25) is 0 Å². The van der Waals surface area contributed by atoms with E-state index in [-0.39, 0.29) is 23.9 Å². The minimum atomic E-state index is -4.32. The van der Waals surface area contributed by atoms with Gasteiger partial charge in [-0.15, -0.1) is 0 Å². The molecule has 110 valence electrons. The number of carbonyl (C=O) groups excluding carboxylic acids is 1. The van der Waals surface area contributed by atoms with Crippen molar-refractivity contribution in [1.82, 2.24) is 0 Å². The smallest absolute Gasteiger partial charge is 0.333 e. The van der Waals surface area contributed by atoms with Gasteiger partial charge in [-0.3, -0.25) is 4.55 Å². The maximum atomic E-state index is 11.1. The summed E-state index contributed by atoms with van der Waals surface area (Å²) in [5.41, 5.74) is 0.308. The number of esters is 1. The van der Waals surface area contributed by atoms with Crippen LogP contribution < -0.4 is 4.74 Å². The van der Waals surface area contributed by atoms with Crippen LogP contribution in [-0.4, -0.2) is 32.2 Å². The van der Waals surface area contributed by atoms with Crippen LogP contribution in [0.3, 0.4) is 0 Å². The van der Waals surface area contributed by atoms with Crippen molar-refractivity contribution in [2.75, 3.05) is 13.2 Å². The van der Waals surface area contributed by atoms with Crippen molar-refractivity contribution in [2.24, 2.45) is 0 Å². The molecule has 0 saturated carbocycles. The minimum absolute atomic E-state index is 0.0567. The number of ether oxygens (including phenoxy) is 2. The zero-order valence-corrected chi connectivity index (χ0v) is 11.9. The van der Waals surface area contributed by atoms with Crippen LogP contribution in [-0.2, 0) is 19.6 Å². The normalized spacial score (nSPS) is 10.9. The number of hydrogen-bond acceptors (Lipinski definition) is 5. The molecular weight excluding hydrogens is 284 g/mol. The summed E-state index contributed by atoms with van der Waals surface area (Å²) in [5.74, 6) is -0.426. The monoisotopic (exact) mass is 300 g/mol. The highest BCUT2D eigenvalue weighted by molar-refractivity contribution is 7.86. The molecule has 0 amide bonds. The number of rotatable bonds is 7. The largest absolute Gasteiger partial charge is 0.492 e. The third-order valence-electron chi connectivity index (χ3n) is 2.25. The van der Waals surface area contributed by atoms with Crippen molar-refractivity contribution in [3.8, 4) is 5.75 Å². The minimum Gasteiger partial charge on any atom is -0.492 e. The SMILES string of the molecule is C=C(C)C(=O)OCCCOc1ccccc1S(=O)(=O)O. The van der Waals surface area contributed by atoms with E-state index in [9.17, 15) is 13.2 Å². The van der Waals surface area contributed by atoms with Gasteiger partial charge in [0.25, 0.3) is 10.1 Å². The van der Waals surface area contributed by atoms with E-state index < -0.39 is 16.1 Å². The first-order chi connectivity index (χ1) is 9.32. The molecule has 0 aliphatic carbocycles. The quantitative estimate of drug-likeness (QED) is 0.357. The van der Waals surface area contributed by atoms with Gasteiger partial charge in [-0.05, 0) is 19.1 Å². The maximum Gasteiger partial charge on any atom is 0.333 e. The molecule has 0 atom stereocenters. The molecule has 0 heterocycles. The maximum absolute atomic E-state index is 11.1. The first-order valence-corrected chi connectivity index (χ1v) is 7.28. The molecule has 1 N–H and O–H groups in total. The summed E-state index contributed by atoms with van der Waals surface area (Å²) in [5, 5.41) is 0. The van der Waals surface area contributed by atoms with Crippen LogP contribution in [0.5, 0.6) is 5.75 Å². The Balaban J connectivity index is 2.48. The molecule has 0 radical (unpaired) electrons. The molecule has 6 nitrogen and oxygen atoms in total. The predicted molar refractivity (Wildman–Crippen MR) is 72.1 cm³/mol. The molecule has 20 heavy (non-hydrogen) atoms. The summed E-state index contributed by atoms with van der Waals surface area (Å²) in [6.07, 6.45) is 0.388. The zero-order chi connectivity index (χ0) is 15.2. The molecule has 0 unspecified atom stereocenters. The van der Waals surface area contributed by atoms with Crippen LogP contribution in [0.25, 0.3) is 0 Å². The third-order valence-corrected chi connectivity index (χ3v) is 3.15. The Morgan fingerprint density at radius 2 is 1.95 bits per heavy atom. The number of benzene rings is 1. The van der Waals surface area contributed by atoms with E-state index in [1.807, 2.05) is 0 Å². The van der Waals surface area contributed by atoms with Crippen LogP contribution in [0.4, 0.5) is 0 Å². The molecule has 1 rings (SSSR count). The Morgan fingerprint density at radius 1 is 1.30 bits per heavy atom. The Labute approximate surface area is 117 Å². The second kappa shape index (κ2) is 7.06. The van der Waals surface area contributed by atoms with Crippen molar-refractivity contribution in [3.05, 3.63) is 36.4 Å². The Kier molecular flexibility index (Phi) is 5.72. The van der Waals surface area contributed by atoms with Crippen LogP contribution in [0, 0.1) is 0 Å². The van der Waals surface area contributed by atoms with E-state index in [1.165, 1.54) is 18.2 Å². The van der Waals surface area contributed by atoms with Crippen molar-refractivity contribution in [3.63, 3.8) is 0 Å². The number of carbonyl (C=O) groups is 1. The van der Waals surface area contributed by atoms with Gasteiger partial charge in [-0.25, -0.2) is 4.79 Å². The van der Waals surface area contributed by atoms with Crippen molar-refractivity contribution >= 4 is 16.1 Å². The lowest BCUT2D eigenvalue weighted by atomic mass is 10.3. The Hall–Kier alpha value is -1.86. The third kappa shape index (κ3) is 5.02. The van der Waals surface area contributed by atoms with Crippen molar-refractivity contribution in [2.45, 2.75) is 18.2 Å². The molecule has 0 aliphatic heterocycles. The van der Waals surface area contributed by atoms with Gasteiger partial charge in [0.2, 0.25) is 0 Å². The highest BCUT2D eigenvalue weighted by Crippen LogP contribution is 2.22. The summed E-state index contributed by atoms with van der Waals surface area (Å²) in [7, 11) is -4.32. The molecule has 7 heteroatoms. The van der Waals surface area contributed by atoms with Gasteiger partial charge in [0, 0.05) is 12.0 Å². The van der Waals surface area contributed by atoms with E-state index in [1.54, 1.807) is 13.0 Å². The summed E-state index contributed by atoms with van der Waals surface area (Å²) in [6, 6.07) is 5.74. The summed E-state index contributed by atoms with van der Waals surface area (Å²) in [6.45, 7) is 5.27. The Morgan fingerprint density at radius 3 is 2.55 bits per heavy atom. The van der Waals surface area contributed by atoms with E-state index in [0.717, 1.165) is 0 Å². The molecule has 0 spiro atoms. The van der Waals surface area contributed by atoms with Crippen LogP contribution in [0.1, 0.15) is 13.3 Å². The van der Waals surface area contributed by atoms with Crippen molar-refractivity contribution in [1.29, 1.82) is 0 Å². The molecule has 0 bridgehead atoms. The van der Waals surface area contributed by atoms with Crippen LogP contribution in [0.15, 0.2) is 41.3 Å². The average molecular weight is 300 g/mol. The van der Waals surface area contributed by atoms with Crippen molar-refractivity contribution < 1.29 is 27.2 Å². The average Bonchev–Trinajstić information content (AvgIpc) is 2.37. The first-order valence-electron chi connectivity index (χ1n) is 5.84. The zero-order valence-electron chi connectivity index (χ0n) is 11.0. The molecule has 0 aromatic heterocycles. The van der Waals surface area contributed by atoms with E-state index in [4.69, 9.17) is 14.0 Å². The summed E-state index contributed by atoms with van der Waals surface area (Å²) < 4.78 is 41.3. The number of para-hydroxylation sites is 1. The highest BCUT2D eigenvalue weighted by Gasteiger charge is 2.15.